The Bertz CT molecular complexity index is 890. The average molecular weight is 438 g/mol. The van der Waals surface area contributed by atoms with Crippen LogP contribution in [0.2, 0.25) is 0 Å². The van der Waals surface area contributed by atoms with Crippen molar-refractivity contribution in [2.24, 2.45) is 23.2 Å². The van der Waals surface area contributed by atoms with Crippen molar-refractivity contribution < 1.29 is 14.4 Å². The third-order valence-corrected chi connectivity index (χ3v) is 8.23. The molecule has 0 atom stereocenters. The number of hydrogen-bond donors (Lipinski definition) is 2. The highest BCUT2D eigenvalue weighted by Gasteiger charge is 2.54. The van der Waals surface area contributed by atoms with Crippen molar-refractivity contribution in [3.05, 3.63) is 23.8 Å². The lowest BCUT2D eigenvalue weighted by Gasteiger charge is -2.55. The van der Waals surface area contributed by atoms with Crippen molar-refractivity contribution in [1.29, 1.82) is 0 Å². The topological polar surface area (TPSA) is 78.5 Å². The van der Waals surface area contributed by atoms with Gasteiger partial charge in [0.2, 0.25) is 17.7 Å². The van der Waals surface area contributed by atoms with E-state index in [4.69, 9.17) is 0 Å². The second-order valence-electron chi connectivity index (χ2n) is 10.8. The fourth-order valence-electron chi connectivity index (χ4n) is 7.19. The minimum Gasteiger partial charge on any atom is -0.356 e. The Morgan fingerprint density at radius 3 is 2.38 bits per heavy atom. The molecule has 6 heteroatoms. The van der Waals surface area contributed by atoms with E-state index in [2.05, 4.69) is 10.6 Å². The third-order valence-electron chi connectivity index (χ3n) is 8.23. The Labute approximate surface area is 190 Å². The predicted molar refractivity (Wildman–Crippen MR) is 124 cm³/mol. The van der Waals surface area contributed by atoms with E-state index in [0.717, 1.165) is 66.9 Å². The summed E-state index contributed by atoms with van der Waals surface area (Å²) in [5.41, 5.74) is 2.55. The Balaban J connectivity index is 1.07. The van der Waals surface area contributed by atoms with Gasteiger partial charge in [0.25, 0.3) is 0 Å². The summed E-state index contributed by atoms with van der Waals surface area (Å²) in [5.74, 6) is 2.64. The summed E-state index contributed by atoms with van der Waals surface area (Å²) in [6, 6.07) is 5.70. The Morgan fingerprint density at radius 1 is 1.09 bits per heavy atom. The first kappa shape index (κ1) is 21.5. The van der Waals surface area contributed by atoms with E-state index in [-0.39, 0.29) is 23.1 Å². The molecule has 172 valence electrons. The van der Waals surface area contributed by atoms with E-state index < -0.39 is 0 Å². The Hall–Kier alpha value is -2.37. The maximum absolute atomic E-state index is 13.0. The van der Waals surface area contributed by atoms with Crippen LogP contribution < -0.4 is 15.5 Å². The van der Waals surface area contributed by atoms with Crippen LogP contribution in [0.25, 0.3) is 0 Å². The highest BCUT2D eigenvalue weighted by atomic mass is 16.2. The van der Waals surface area contributed by atoms with Gasteiger partial charge in [-0.25, -0.2) is 0 Å². The van der Waals surface area contributed by atoms with Crippen molar-refractivity contribution in [2.75, 3.05) is 23.3 Å². The number of anilines is 2. The van der Waals surface area contributed by atoms with E-state index in [1.165, 1.54) is 19.3 Å². The standard InChI is InChI=1S/C26H35N3O3/c1-17-10-21(6-7-22(17)29-9-3-5-24(29)31)28-23(30)4-2-8-27-25(32)26-14-18-11-19(15-26)13-20(12-18)16-26/h6-7,10,18-20H,2-5,8-9,11-16H2,1H3,(H,27,32)(H,28,30). The van der Waals surface area contributed by atoms with Crippen molar-refractivity contribution in [3.63, 3.8) is 0 Å². The SMILES string of the molecule is Cc1cc(NC(=O)CCCNC(=O)C23CC4CC(CC(C4)C2)C3)ccc1N1CCCC1=O. The van der Waals surface area contributed by atoms with Crippen LogP contribution in [-0.4, -0.2) is 30.8 Å². The number of nitrogens with one attached hydrogen (secondary N) is 2. The lowest BCUT2D eigenvalue weighted by Crippen LogP contribution is -2.53. The molecule has 0 unspecified atom stereocenters. The Kier molecular flexibility index (Phi) is 5.72. The summed E-state index contributed by atoms with van der Waals surface area (Å²) < 4.78 is 0. The molecule has 0 spiro atoms. The van der Waals surface area contributed by atoms with Crippen molar-refractivity contribution in [1.82, 2.24) is 5.32 Å². The molecule has 1 aliphatic heterocycles. The molecule has 4 aliphatic carbocycles. The highest BCUT2D eigenvalue weighted by Crippen LogP contribution is 2.60. The quantitative estimate of drug-likeness (QED) is 0.629. The van der Waals surface area contributed by atoms with Crippen LogP contribution in [0.4, 0.5) is 11.4 Å². The van der Waals surface area contributed by atoms with Crippen LogP contribution in [0.5, 0.6) is 0 Å². The van der Waals surface area contributed by atoms with E-state index in [0.29, 0.717) is 25.8 Å². The number of carbonyl (C=O) groups excluding carboxylic acids is 3. The van der Waals surface area contributed by atoms with Crippen molar-refractivity contribution in [2.45, 2.75) is 71.1 Å². The summed E-state index contributed by atoms with van der Waals surface area (Å²) in [6.45, 7) is 3.29. The largest absolute Gasteiger partial charge is 0.356 e. The number of benzene rings is 1. The number of rotatable bonds is 7. The number of hydrogen-bond acceptors (Lipinski definition) is 3. The molecule has 6 nitrogen and oxygen atoms in total. The molecular weight excluding hydrogens is 402 g/mol. The molecule has 32 heavy (non-hydrogen) atoms. The highest BCUT2D eigenvalue weighted by molar-refractivity contribution is 5.97. The van der Waals surface area contributed by atoms with Gasteiger partial charge < -0.3 is 15.5 Å². The van der Waals surface area contributed by atoms with E-state index in [1.54, 1.807) is 0 Å². The zero-order valence-corrected chi connectivity index (χ0v) is 19.1. The normalized spacial score (nSPS) is 30.6. The van der Waals surface area contributed by atoms with Crippen molar-refractivity contribution >= 4 is 29.1 Å². The van der Waals surface area contributed by atoms with Crippen LogP contribution in [0, 0.1) is 30.1 Å². The molecule has 5 aliphatic rings. The molecule has 0 aromatic heterocycles. The van der Waals surface area contributed by atoms with Gasteiger partial charge in [-0.15, -0.1) is 0 Å². The van der Waals surface area contributed by atoms with Crippen molar-refractivity contribution in [3.8, 4) is 0 Å². The molecule has 6 rings (SSSR count). The molecule has 1 heterocycles. The van der Waals surface area contributed by atoms with Gasteiger partial charge in [0.1, 0.15) is 0 Å². The summed E-state index contributed by atoms with van der Waals surface area (Å²) in [6.07, 6.45) is 9.75. The van der Waals surface area contributed by atoms with Gasteiger partial charge in [0, 0.05) is 42.7 Å². The minimum atomic E-state index is -0.118. The predicted octanol–water partition coefficient (Wildman–Crippen LogP) is 4.17. The van der Waals surface area contributed by atoms with Gasteiger partial charge in [0.15, 0.2) is 0 Å². The van der Waals surface area contributed by atoms with Gasteiger partial charge in [-0.2, -0.15) is 0 Å². The summed E-state index contributed by atoms with van der Waals surface area (Å²) in [4.78, 5) is 39.2. The zero-order valence-electron chi connectivity index (χ0n) is 19.1. The maximum atomic E-state index is 13.0. The van der Waals surface area contributed by atoms with Crippen LogP contribution in [-0.2, 0) is 14.4 Å². The molecule has 4 bridgehead atoms. The molecule has 4 saturated carbocycles. The van der Waals surface area contributed by atoms with Gasteiger partial charge >= 0.3 is 0 Å². The average Bonchev–Trinajstić information content (AvgIpc) is 3.16. The third kappa shape index (κ3) is 4.16. The molecule has 5 fully saturated rings. The fourth-order valence-corrected chi connectivity index (χ4v) is 7.19. The van der Waals surface area contributed by atoms with E-state index >= 15 is 0 Å². The van der Waals surface area contributed by atoms with Gasteiger partial charge in [-0.3, -0.25) is 14.4 Å². The van der Waals surface area contributed by atoms with Gasteiger partial charge in [-0.1, -0.05) is 0 Å². The molecule has 1 saturated heterocycles. The second kappa shape index (κ2) is 8.53. The summed E-state index contributed by atoms with van der Waals surface area (Å²) in [5, 5.41) is 6.11. The smallest absolute Gasteiger partial charge is 0.227 e. The first-order chi connectivity index (χ1) is 15.4. The molecule has 0 radical (unpaired) electrons. The monoisotopic (exact) mass is 437 g/mol. The number of amides is 3. The van der Waals surface area contributed by atoms with Crippen LogP contribution >= 0.6 is 0 Å². The number of aryl methyl sites for hydroxylation is 1. The lowest BCUT2D eigenvalue weighted by molar-refractivity contribution is -0.146. The van der Waals surface area contributed by atoms with Crippen LogP contribution in [0.3, 0.4) is 0 Å². The van der Waals surface area contributed by atoms with E-state index in [9.17, 15) is 14.4 Å². The number of carbonyl (C=O) groups is 3. The second-order valence-corrected chi connectivity index (χ2v) is 10.8. The maximum Gasteiger partial charge on any atom is 0.227 e. The molecule has 3 amide bonds. The minimum absolute atomic E-state index is 0.0431. The van der Waals surface area contributed by atoms with Crippen LogP contribution in [0.1, 0.15) is 69.8 Å². The lowest BCUT2D eigenvalue weighted by atomic mass is 9.49. The van der Waals surface area contributed by atoms with E-state index in [1.807, 2.05) is 30.0 Å². The molecule has 2 N–H and O–H groups in total. The van der Waals surface area contributed by atoms with Gasteiger partial charge in [0.05, 0.1) is 0 Å². The van der Waals surface area contributed by atoms with Gasteiger partial charge in [-0.05, 0) is 99.8 Å². The molecule has 1 aromatic carbocycles. The number of nitrogens with zero attached hydrogens (tertiary/aromatic N) is 1. The molecule has 1 aromatic rings. The first-order valence-corrected chi connectivity index (χ1v) is 12.4. The summed E-state index contributed by atoms with van der Waals surface area (Å²) in [7, 11) is 0. The van der Waals surface area contributed by atoms with Crippen LogP contribution in [0.15, 0.2) is 18.2 Å². The molecular formula is C26H35N3O3. The first-order valence-electron chi connectivity index (χ1n) is 12.4. The fraction of sp³-hybridized carbons (Fsp3) is 0.654. The Morgan fingerprint density at radius 2 is 1.78 bits per heavy atom. The zero-order chi connectivity index (χ0) is 22.3. The summed E-state index contributed by atoms with van der Waals surface area (Å²) >= 11 is 0.